The summed E-state index contributed by atoms with van der Waals surface area (Å²) in [6, 6.07) is 10.0. The van der Waals surface area contributed by atoms with Crippen molar-refractivity contribution < 1.29 is 9.90 Å². The summed E-state index contributed by atoms with van der Waals surface area (Å²) < 4.78 is 0. The van der Waals surface area contributed by atoms with Crippen LogP contribution in [-0.4, -0.2) is 41.7 Å². The topological polar surface area (TPSA) is 52.6 Å². The summed E-state index contributed by atoms with van der Waals surface area (Å²) in [6.07, 6.45) is 0. The predicted octanol–water partition coefficient (Wildman–Crippen LogP) is 1.11. The van der Waals surface area contributed by atoms with Crippen LogP contribution in [0.1, 0.15) is 18.5 Å². The first-order valence-corrected chi connectivity index (χ1v) is 5.93. The Bertz CT molecular complexity index is 380. The van der Waals surface area contributed by atoms with Gasteiger partial charge in [-0.25, -0.2) is 0 Å². The number of carbonyl (C=O) groups is 1. The van der Waals surface area contributed by atoms with Crippen molar-refractivity contribution >= 4 is 5.97 Å². The summed E-state index contributed by atoms with van der Waals surface area (Å²) in [7, 11) is 0. The minimum atomic E-state index is -0.769. The van der Waals surface area contributed by atoms with Crippen LogP contribution < -0.4 is 5.32 Å². The van der Waals surface area contributed by atoms with Gasteiger partial charge in [-0.2, -0.15) is 0 Å². The van der Waals surface area contributed by atoms with Crippen LogP contribution in [0.3, 0.4) is 0 Å². The van der Waals surface area contributed by atoms with E-state index in [9.17, 15) is 4.79 Å². The van der Waals surface area contributed by atoms with Crippen molar-refractivity contribution in [1.82, 2.24) is 10.2 Å². The van der Waals surface area contributed by atoms with Crippen LogP contribution in [0.15, 0.2) is 30.3 Å². The van der Waals surface area contributed by atoms with Gasteiger partial charge < -0.3 is 10.4 Å². The largest absolute Gasteiger partial charge is 0.480 e. The van der Waals surface area contributed by atoms with Crippen molar-refractivity contribution in [2.24, 2.45) is 0 Å². The van der Waals surface area contributed by atoms with Gasteiger partial charge in [0.2, 0.25) is 0 Å². The SMILES string of the molecule is CC(c1ccccc1)N1CCNC(C(=O)O)C1. The zero-order chi connectivity index (χ0) is 12.3. The fourth-order valence-corrected chi connectivity index (χ4v) is 2.23. The number of carboxylic acids is 1. The van der Waals surface area contributed by atoms with E-state index in [1.54, 1.807) is 0 Å². The number of rotatable bonds is 3. The third-order valence-corrected chi connectivity index (χ3v) is 3.33. The summed E-state index contributed by atoms with van der Waals surface area (Å²) in [6.45, 7) is 4.30. The van der Waals surface area contributed by atoms with Gasteiger partial charge in [0, 0.05) is 25.7 Å². The van der Waals surface area contributed by atoms with Gasteiger partial charge in [-0.05, 0) is 12.5 Å². The van der Waals surface area contributed by atoms with Crippen molar-refractivity contribution in [3.05, 3.63) is 35.9 Å². The standard InChI is InChI=1S/C13H18N2O2/c1-10(11-5-3-2-4-6-11)15-8-7-14-12(9-15)13(16)17/h2-6,10,12,14H,7-9H2,1H3,(H,16,17). The summed E-state index contributed by atoms with van der Waals surface area (Å²) in [5.41, 5.74) is 1.23. The number of aliphatic carboxylic acids is 1. The van der Waals surface area contributed by atoms with E-state index in [0.717, 1.165) is 13.1 Å². The lowest BCUT2D eigenvalue weighted by Crippen LogP contribution is -2.54. The molecule has 2 unspecified atom stereocenters. The second-order valence-corrected chi connectivity index (χ2v) is 4.43. The molecule has 2 rings (SSSR count). The van der Waals surface area contributed by atoms with Crippen molar-refractivity contribution in [2.45, 2.75) is 19.0 Å². The molecular weight excluding hydrogens is 216 g/mol. The lowest BCUT2D eigenvalue weighted by atomic mass is 10.1. The molecule has 17 heavy (non-hydrogen) atoms. The van der Waals surface area contributed by atoms with Crippen LogP contribution in [0.25, 0.3) is 0 Å². The monoisotopic (exact) mass is 234 g/mol. The van der Waals surface area contributed by atoms with Gasteiger partial charge in [0.15, 0.2) is 0 Å². The maximum Gasteiger partial charge on any atom is 0.322 e. The van der Waals surface area contributed by atoms with Crippen molar-refractivity contribution in [2.75, 3.05) is 19.6 Å². The third-order valence-electron chi connectivity index (χ3n) is 3.33. The normalized spacial score (nSPS) is 23.2. The van der Waals surface area contributed by atoms with Gasteiger partial charge in [0.25, 0.3) is 0 Å². The second-order valence-electron chi connectivity index (χ2n) is 4.43. The van der Waals surface area contributed by atoms with Gasteiger partial charge in [-0.3, -0.25) is 9.69 Å². The Hall–Kier alpha value is -1.39. The average Bonchev–Trinajstić information content (AvgIpc) is 2.39. The van der Waals surface area contributed by atoms with Gasteiger partial charge >= 0.3 is 5.97 Å². The van der Waals surface area contributed by atoms with Crippen LogP contribution in [0.2, 0.25) is 0 Å². The van der Waals surface area contributed by atoms with E-state index in [4.69, 9.17) is 5.11 Å². The van der Waals surface area contributed by atoms with E-state index in [1.165, 1.54) is 5.56 Å². The summed E-state index contributed by atoms with van der Waals surface area (Å²) in [5, 5.41) is 12.0. The summed E-state index contributed by atoms with van der Waals surface area (Å²) >= 11 is 0. The molecule has 0 amide bonds. The molecule has 1 aromatic rings. The minimum Gasteiger partial charge on any atom is -0.480 e. The molecule has 0 aliphatic carbocycles. The Kier molecular flexibility index (Phi) is 3.76. The van der Waals surface area contributed by atoms with Crippen molar-refractivity contribution in [3.8, 4) is 0 Å². The highest BCUT2D eigenvalue weighted by Gasteiger charge is 2.27. The Balaban J connectivity index is 2.05. The van der Waals surface area contributed by atoms with Crippen molar-refractivity contribution in [3.63, 3.8) is 0 Å². The molecule has 0 bridgehead atoms. The Labute approximate surface area is 101 Å². The molecule has 1 aromatic carbocycles. The molecule has 0 saturated carbocycles. The lowest BCUT2D eigenvalue weighted by molar-refractivity contribution is -0.140. The molecular formula is C13H18N2O2. The number of nitrogens with zero attached hydrogens (tertiary/aromatic N) is 1. The summed E-state index contributed by atoms with van der Waals surface area (Å²) in [4.78, 5) is 13.2. The molecule has 0 aromatic heterocycles. The first kappa shape index (κ1) is 12.1. The van der Waals surface area contributed by atoms with Crippen LogP contribution >= 0.6 is 0 Å². The molecule has 2 atom stereocenters. The molecule has 2 N–H and O–H groups in total. The molecule has 1 heterocycles. The number of nitrogens with one attached hydrogen (secondary N) is 1. The highest BCUT2D eigenvalue weighted by molar-refractivity contribution is 5.73. The third kappa shape index (κ3) is 2.84. The molecule has 1 aliphatic rings. The fraction of sp³-hybridized carbons (Fsp3) is 0.462. The molecule has 0 spiro atoms. The summed E-state index contributed by atoms with van der Waals surface area (Å²) in [5.74, 6) is -0.769. The first-order valence-electron chi connectivity index (χ1n) is 5.93. The minimum absolute atomic E-state index is 0.264. The molecule has 1 fully saturated rings. The van der Waals surface area contributed by atoms with E-state index in [0.29, 0.717) is 6.54 Å². The van der Waals surface area contributed by atoms with E-state index < -0.39 is 12.0 Å². The van der Waals surface area contributed by atoms with Gasteiger partial charge in [-0.1, -0.05) is 30.3 Å². The lowest BCUT2D eigenvalue weighted by Gasteiger charge is -2.36. The van der Waals surface area contributed by atoms with E-state index >= 15 is 0 Å². The number of carboxylic acid groups (broad SMARTS) is 1. The number of piperazine rings is 1. The highest BCUT2D eigenvalue weighted by Crippen LogP contribution is 2.20. The Morgan fingerprint density at radius 3 is 2.82 bits per heavy atom. The maximum atomic E-state index is 11.0. The van der Waals surface area contributed by atoms with Crippen molar-refractivity contribution in [1.29, 1.82) is 0 Å². The average molecular weight is 234 g/mol. The zero-order valence-corrected chi connectivity index (χ0v) is 9.97. The van der Waals surface area contributed by atoms with Gasteiger partial charge in [-0.15, -0.1) is 0 Å². The molecule has 1 aliphatic heterocycles. The number of benzene rings is 1. The second kappa shape index (κ2) is 5.29. The van der Waals surface area contributed by atoms with E-state index in [1.807, 2.05) is 18.2 Å². The van der Waals surface area contributed by atoms with Gasteiger partial charge in [0.1, 0.15) is 6.04 Å². The Morgan fingerprint density at radius 1 is 1.47 bits per heavy atom. The first-order chi connectivity index (χ1) is 8.18. The van der Waals surface area contributed by atoms with Crippen LogP contribution in [-0.2, 0) is 4.79 Å². The van der Waals surface area contributed by atoms with E-state index in [2.05, 4.69) is 29.3 Å². The molecule has 92 valence electrons. The predicted molar refractivity (Wildman–Crippen MR) is 65.9 cm³/mol. The molecule has 1 saturated heterocycles. The maximum absolute atomic E-state index is 11.0. The quantitative estimate of drug-likeness (QED) is 0.822. The number of hydrogen-bond acceptors (Lipinski definition) is 3. The zero-order valence-electron chi connectivity index (χ0n) is 9.97. The van der Waals surface area contributed by atoms with Crippen LogP contribution in [0, 0.1) is 0 Å². The van der Waals surface area contributed by atoms with Gasteiger partial charge in [0.05, 0.1) is 0 Å². The highest BCUT2D eigenvalue weighted by atomic mass is 16.4. The Morgan fingerprint density at radius 2 is 2.18 bits per heavy atom. The van der Waals surface area contributed by atoms with Crippen LogP contribution in [0.5, 0.6) is 0 Å². The fourth-order valence-electron chi connectivity index (χ4n) is 2.23. The van der Waals surface area contributed by atoms with E-state index in [-0.39, 0.29) is 6.04 Å². The number of hydrogen-bond donors (Lipinski definition) is 2. The molecule has 0 radical (unpaired) electrons. The molecule has 4 heteroatoms. The van der Waals surface area contributed by atoms with Crippen LogP contribution in [0.4, 0.5) is 0 Å². The smallest absolute Gasteiger partial charge is 0.322 e. The molecule has 4 nitrogen and oxygen atoms in total.